The van der Waals surface area contributed by atoms with Gasteiger partial charge in [-0.2, -0.15) is 0 Å². The number of nitrogens with zero attached hydrogens (tertiary/aromatic N) is 2. The van der Waals surface area contributed by atoms with Gasteiger partial charge >= 0.3 is 0 Å². The molecule has 1 N–H and O–H groups in total. The van der Waals surface area contributed by atoms with E-state index >= 15 is 0 Å². The molecule has 1 saturated carbocycles. The summed E-state index contributed by atoms with van der Waals surface area (Å²) in [6.07, 6.45) is 11.8. The van der Waals surface area contributed by atoms with E-state index in [0.717, 1.165) is 69.1 Å². The first-order chi connectivity index (χ1) is 16.7. The molecule has 2 saturated heterocycles. The maximum Gasteiger partial charge on any atom is 0.228 e. The first-order valence-corrected chi connectivity index (χ1v) is 13.7. The maximum absolute atomic E-state index is 14.4. The number of carbonyl (C=O) groups is 1. The van der Waals surface area contributed by atoms with Crippen molar-refractivity contribution in [2.75, 3.05) is 19.6 Å². The maximum atomic E-state index is 14.4. The van der Waals surface area contributed by atoms with Crippen LogP contribution in [0.3, 0.4) is 0 Å². The Labute approximate surface area is 203 Å². The van der Waals surface area contributed by atoms with Gasteiger partial charge in [0.15, 0.2) is 5.89 Å². The highest BCUT2D eigenvalue weighted by Gasteiger charge is 2.54. The second-order valence-electron chi connectivity index (χ2n) is 11.3. The van der Waals surface area contributed by atoms with Gasteiger partial charge in [-0.05, 0) is 55.9 Å². The van der Waals surface area contributed by atoms with Crippen molar-refractivity contribution >= 4 is 5.91 Å². The van der Waals surface area contributed by atoms with Crippen molar-refractivity contribution in [2.45, 2.75) is 88.5 Å². The first-order valence-electron chi connectivity index (χ1n) is 13.7. The Morgan fingerprint density at radius 3 is 2.76 bits per heavy atom. The number of carbonyl (C=O) groups excluding carboxylic acids is 1. The van der Waals surface area contributed by atoms with Crippen LogP contribution < -0.4 is 5.32 Å². The molecule has 1 aromatic heterocycles. The topological polar surface area (TPSA) is 58.4 Å². The molecule has 182 valence electrons. The zero-order chi connectivity index (χ0) is 23.1. The van der Waals surface area contributed by atoms with Crippen LogP contribution in [0.2, 0.25) is 0 Å². The second kappa shape index (κ2) is 9.14. The number of fused-ring (bicyclic) bond motifs is 2. The average Bonchev–Trinajstić information content (AvgIpc) is 3.48. The molecule has 1 amide bonds. The van der Waals surface area contributed by atoms with E-state index in [1.165, 1.54) is 37.7 Å². The van der Waals surface area contributed by atoms with Crippen LogP contribution in [0.5, 0.6) is 0 Å². The summed E-state index contributed by atoms with van der Waals surface area (Å²) in [6, 6.07) is 11.4. The molecular weight excluding hydrogens is 422 g/mol. The van der Waals surface area contributed by atoms with E-state index in [9.17, 15) is 4.79 Å². The van der Waals surface area contributed by atoms with E-state index in [-0.39, 0.29) is 11.3 Å². The Hall–Kier alpha value is -2.14. The van der Waals surface area contributed by atoms with Crippen LogP contribution in [0, 0.1) is 18.8 Å². The molecule has 5 nitrogen and oxygen atoms in total. The van der Waals surface area contributed by atoms with Gasteiger partial charge in [0.25, 0.3) is 0 Å². The standard InChI is InChI=1S/C29H39N3O2/c1-20-31-27-26(34-20)13-8-15-29(27)19-30-18-24(29)28(33)32-16-14-23(21-9-4-2-5-10-21)17-25(32)22-11-6-3-7-12-22/h2,4-5,9-10,22-25,30H,3,6-8,11-19H2,1H3/t23-,24+,25+,29-/m1/s1. The van der Waals surface area contributed by atoms with Gasteiger partial charge in [-0.25, -0.2) is 4.98 Å². The minimum atomic E-state index is -0.199. The summed E-state index contributed by atoms with van der Waals surface area (Å²) in [5.74, 6) is 3.32. The predicted molar refractivity (Wildman–Crippen MR) is 133 cm³/mol. The highest BCUT2D eigenvalue weighted by Crippen LogP contribution is 2.47. The smallest absolute Gasteiger partial charge is 0.228 e. The third-order valence-electron chi connectivity index (χ3n) is 9.45. The number of oxazole rings is 1. The van der Waals surface area contributed by atoms with Crippen molar-refractivity contribution < 1.29 is 9.21 Å². The number of likely N-dealkylation sites (tertiary alicyclic amines) is 1. The molecule has 5 heteroatoms. The monoisotopic (exact) mass is 461 g/mol. The zero-order valence-corrected chi connectivity index (χ0v) is 20.6. The molecule has 0 radical (unpaired) electrons. The van der Waals surface area contributed by atoms with Crippen LogP contribution in [0.25, 0.3) is 0 Å². The van der Waals surface area contributed by atoms with Gasteiger partial charge in [0.05, 0.1) is 11.6 Å². The third kappa shape index (κ3) is 3.80. The Morgan fingerprint density at radius 2 is 1.94 bits per heavy atom. The largest absolute Gasteiger partial charge is 0.446 e. The Bertz CT molecular complexity index is 1010. The van der Waals surface area contributed by atoms with Crippen LogP contribution in [0.15, 0.2) is 34.7 Å². The highest BCUT2D eigenvalue weighted by atomic mass is 16.4. The summed E-state index contributed by atoms with van der Waals surface area (Å²) in [5.41, 5.74) is 2.33. The van der Waals surface area contributed by atoms with Crippen molar-refractivity contribution in [1.29, 1.82) is 0 Å². The van der Waals surface area contributed by atoms with Crippen molar-refractivity contribution in [3.63, 3.8) is 0 Å². The predicted octanol–water partition coefficient (Wildman–Crippen LogP) is 5.13. The first kappa shape index (κ1) is 22.3. The normalized spacial score (nSPS) is 32.1. The summed E-state index contributed by atoms with van der Waals surface area (Å²) >= 11 is 0. The van der Waals surface area contributed by atoms with Gasteiger partial charge in [0.1, 0.15) is 5.76 Å². The molecule has 1 aromatic carbocycles. The Kier molecular flexibility index (Phi) is 6.00. The van der Waals surface area contributed by atoms with E-state index in [4.69, 9.17) is 9.40 Å². The zero-order valence-electron chi connectivity index (χ0n) is 20.6. The molecule has 0 bridgehead atoms. The Morgan fingerprint density at radius 1 is 1.12 bits per heavy atom. The number of rotatable bonds is 3. The summed E-state index contributed by atoms with van der Waals surface area (Å²) in [5, 5.41) is 3.60. The second-order valence-corrected chi connectivity index (χ2v) is 11.3. The van der Waals surface area contributed by atoms with E-state index in [1.54, 1.807) is 0 Å². The van der Waals surface area contributed by atoms with Crippen molar-refractivity contribution in [2.24, 2.45) is 11.8 Å². The molecule has 34 heavy (non-hydrogen) atoms. The van der Waals surface area contributed by atoms with Gasteiger partial charge in [0.2, 0.25) is 5.91 Å². The lowest BCUT2D eigenvalue weighted by Gasteiger charge is -2.47. The summed E-state index contributed by atoms with van der Waals surface area (Å²) in [6.45, 7) is 4.44. The molecule has 2 aliphatic carbocycles. The number of amides is 1. The lowest BCUT2D eigenvalue weighted by molar-refractivity contribution is -0.143. The van der Waals surface area contributed by atoms with Crippen molar-refractivity contribution in [1.82, 2.24) is 15.2 Å². The van der Waals surface area contributed by atoms with E-state index < -0.39 is 0 Å². The van der Waals surface area contributed by atoms with Crippen LogP contribution in [0.1, 0.15) is 86.6 Å². The van der Waals surface area contributed by atoms with E-state index in [0.29, 0.717) is 23.8 Å². The molecule has 4 aliphatic rings. The van der Waals surface area contributed by atoms with Gasteiger partial charge < -0.3 is 14.6 Å². The Balaban J connectivity index is 1.30. The van der Waals surface area contributed by atoms with Crippen LogP contribution >= 0.6 is 0 Å². The number of nitrogens with one attached hydrogen (secondary N) is 1. The SMILES string of the molecule is Cc1nc2c(o1)CCC[C@]21CNC[C@H]1C(=O)N1CC[C@@H](c2ccccc2)C[C@H]1C1CCCCC1. The summed E-state index contributed by atoms with van der Waals surface area (Å²) in [4.78, 5) is 21.6. The highest BCUT2D eigenvalue weighted by molar-refractivity contribution is 5.82. The van der Waals surface area contributed by atoms with Crippen LogP contribution in [0.4, 0.5) is 0 Å². The number of benzene rings is 1. The molecule has 3 heterocycles. The third-order valence-corrected chi connectivity index (χ3v) is 9.45. The molecule has 2 aliphatic heterocycles. The molecule has 1 spiro atoms. The van der Waals surface area contributed by atoms with Gasteiger partial charge in [0, 0.05) is 44.4 Å². The van der Waals surface area contributed by atoms with Crippen LogP contribution in [-0.4, -0.2) is 41.5 Å². The minimum absolute atomic E-state index is 0.0320. The fourth-order valence-corrected chi connectivity index (χ4v) is 7.77. The van der Waals surface area contributed by atoms with Gasteiger partial charge in [-0.15, -0.1) is 0 Å². The van der Waals surface area contributed by atoms with Crippen molar-refractivity contribution in [3.05, 3.63) is 53.2 Å². The van der Waals surface area contributed by atoms with Crippen molar-refractivity contribution in [3.8, 4) is 0 Å². The number of piperidine rings is 1. The molecular formula is C29H39N3O2. The van der Waals surface area contributed by atoms with Gasteiger partial charge in [-0.3, -0.25) is 4.79 Å². The molecule has 4 atom stereocenters. The average molecular weight is 462 g/mol. The molecule has 3 fully saturated rings. The van der Waals surface area contributed by atoms with E-state index in [1.807, 2.05) is 6.92 Å². The van der Waals surface area contributed by atoms with Crippen LogP contribution in [-0.2, 0) is 16.6 Å². The lowest BCUT2D eigenvalue weighted by atomic mass is 9.67. The number of aryl methyl sites for hydroxylation is 2. The lowest BCUT2D eigenvalue weighted by Crippen LogP contribution is -2.55. The molecule has 0 unspecified atom stereocenters. The number of hydrogen-bond acceptors (Lipinski definition) is 4. The van der Waals surface area contributed by atoms with Gasteiger partial charge in [-0.1, -0.05) is 49.6 Å². The fourth-order valence-electron chi connectivity index (χ4n) is 7.77. The van der Waals surface area contributed by atoms with E-state index in [2.05, 4.69) is 40.5 Å². The number of hydrogen-bond donors (Lipinski definition) is 1. The molecule has 6 rings (SSSR count). The quantitative estimate of drug-likeness (QED) is 0.688. The number of aromatic nitrogens is 1. The fraction of sp³-hybridized carbons (Fsp3) is 0.655. The summed E-state index contributed by atoms with van der Waals surface area (Å²) < 4.78 is 5.98. The minimum Gasteiger partial charge on any atom is -0.446 e. The molecule has 2 aromatic rings. The summed E-state index contributed by atoms with van der Waals surface area (Å²) in [7, 11) is 0.